The maximum absolute atomic E-state index is 13.4. The van der Waals surface area contributed by atoms with Gasteiger partial charge in [0, 0.05) is 24.3 Å². The first-order valence-electron chi connectivity index (χ1n) is 11.3. The molecule has 2 aliphatic heterocycles. The zero-order chi connectivity index (χ0) is 21.9. The van der Waals surface area contributed by atoms with Gasteiger partial charge in [-0.3, -0.25) is 9.69 Å². The van der Waals surface area contributed by atoms with Crippen molar-refractivity contribution in [3.8, 4) is 17.1 Å². The van der Waals surface area contributed by atoms with E-state index in [2.05, 4.69) is 33.2 Å². The third kappa shape index (κ3) is 4.25. The molecule has 0 aliphatic carbocycles. The number of rotatable bonds is 5. The van der Waals surface area contributed by atoms with Crippen LogP contribution in [0.2, 0.25) is 0 Å². The van der Waals surface area contributed by atoms with Gasteiger partial charge in [-0.25, -0.2) is 0 Å². The normalized spacial score (nSPS) is 18.9. The van der Waals surface area contributed by atoms with Crippen LogP contribution in [0.3, 0.4) is 0 Å². The molecule has 7 heteroatoms. The number of aryl methyl sites for hydroxylation is 1. The molecule has 0 bridgehead atoms. The molecule has 0 radical (unpaired) electrons. The van der Waals surface area contributed by atoms with Gasteiger partial charge < -0.3 is 14.2 Å². The van der Waals surface area contributed by atoms with Crippen molar-refractivity contribution < 1.29 is 14.1 Å². The third-order valence-corrected chi connectivity index (χ3v) is 6.41. The van der Waals surface area contributed by atoms with E-state index in [-0.39, 0.29) is 11.8 Å². The minimum absolute atomic E-state index is 0.00103. The van der Waals surface area contributed by atoms with Gasteiger partial charge in [-0.2, -0.15) is 4.98 Å². The molecular weight excluding hydrogens is 404 g/mol. The molecule has 2 aliphatic rings. The molecule has 1 atom stereocenters. The number of aromatic nitrogens is 2. The number of hydrogen-bond acceptors (Lipinski definition) is 6. The molecule has 1 aromatic heterocycles. The predicted octanol–water partition coefficient (Wildman–Crippen LogP) is 3.94. The molecule has 32 heavy (non-hydrogen) atoms. The highest BCUT2D eigenvalue weighted by atomic mass is 16.5. The largest absolute Gasteiger partial charge is 0.497 e. The molecular formula is C25H28N4O3. The quantitative estimate of drug-likeness (QED) is 0.608. The molecule has 1 fully saturated rings. The van der Waals surface area contributed by atoms with E-state index in [9.17, 15) is 4.79 Å². The van der Waals surface area contributed by atoms with Gasteiger partial charge in [0.1, 0.15) is 5.75 Å². The fourth-order valence-corrected chi connectivity index (χ4v) is 4.75. The molecule has 0 saturated carbocycles. The number of para-hydroxylation sites is 1. The highest BCUT2D eigenvalue weighted by Gasteiger charge is 2.32. The lowest BCUT2D eigenvalue weighted by Gasteiger charge is -2.36. The van der Waals surface area contributed by atoms with Gasteiger partial charge in [0.05, 0.1) is 19.6 Å². The van der Waals surface area contributed by atoms with Gasteiger partial charge in [0.15, 0.2) is 0 Å². The first-order chi connectivity index (χ1) is 15.7. The van der Waals surface area contributed by atoms with Gasteiger partial charge in [-0.1, -0.05) is 23.4 Å². The van der Waals surface area contributed by atoms with Crippen LogP contribution in [0.1, 0.15) is 30.7 Å². The molecule has 0 N–H and O–H groups in total. The van der Waals surface area contributed by atoms with E-state index < -0.39 is 0 Å². The number of likely N-dealkylation sites (tertiary alicyclic amines) is 1. The fraction of sp³-hybridized carbons (Fsp3) is 0.400. The fourth-order valence-electron chi connectivity index (χ4n) is 4.75. The van der Waals surface area contributed by atoms with Crippen LogP contribution in [0.5, 0.6) is 5.75 Å². The highest BCUT2D eigenvalue weighted by Crippen LogP contribution is 2.30. The zero-order valence-corrected chi connectivity index (χ0v) is 18.4. The summed E-state index contributed by atoms with van der Waals surface area (Å²) in [5.74, 6) is 2.17. The number of methoxy groups -OCH3 is 1. The molecule has 1 unspecified atom stereocenters. The Kier molecular flexibility index (Phi) is 5.90. The van der Waals surface area contributed by atoms with Crippen LogP contribution in [-0.2, 0) is 17.8 Å². The van der Waals surface area contributed by atoms with Crippen molar-refractivity contribution in [3.63, 3.8) is 0 Å². The van der Waals surface area contributed by atoms with E-state index in [0.29, 0.717) is 18.3 Å². The molecule has 3 heterocycles. The van der Waals surface area contributed by atoms with Crippen molar-refractivity contribution in [2.24, 2.45) is 5.92 Å². The summed E-state index contributed by atoms with van der Waals surface area (Å²) in [6.45, 7) is 3.02. The van der Waals surface area contributed by atoms with E-state index in [1.54, 1.807) is 7.11 Å². The predicted molar refractivity (Wildman–Crippen MR) is 121 cm³/mol. The van der Waals surface area contributed by atoms with E-state index in [1.807, 2.05) is 35.2 Å². The SMILES string of the molecule is COc1ccc(-c2noc(CN3CCCC(C(=O)N4CCCc5ccccc54)C3)n2)cc1. The summed E-state index contributed by atoms with van der Waals surface area (Å²) in [5, 5.41) is 4.13. The summed E-state index contributed by atoms with van der Waals surface area (Å²) in [7, 11) is 1.64. The van der Waals surface area contributed by atoms with E-state index in [0.717, 1.165) is 62.3 Å². The second kappa shape index (κ2) is 9.12. The number of anilines is 1. The first kappa shape index (κ1) is 20.7. The minimum Gasteiger partial charge on any atom is -0.497 e. The van der Waals surface area contributed by atoms with Crippen molar-refractivity contribution in [2.45, 2.75) is 32.2 Å². The van der Waals surface area contributed by atoms with Crippen LogP contribution >= 0.6 is 0 Å². The smallest absolute Gasteiger partial charge is 0.241 e. The number of piperidine rings is 1. The number of amides is 1. The van der Waals surface area contributed by atoms with E-state index >= 15 is 0 Å². The molecule has 1 saturated heterocycles. The average molecular weight is 433 g/mol. The Hall–Kier alpha value is -3.19. The summed E-state index contributed by atoms with van der Waals surface area (Å²) >= 11 is 0. The Balaban J connectivity index is 1.24. The number of hydrogen-bond donors (Lipinski definition) is 0. The Morgan fingerprint density at radius 2 is 1.97 bits per heavy atom. The Bertz CT molecular complexity index is 1080. The molecule has 0 spiro atoms. The zero-order valence-electron chi connectivity index (χ0n) is 18.4. The number of carbonyl (C=O) groups excluding carboxylic acids is 1. The van der Waals surface area contributed by atoms with E-state index in [1.165, 1.54) is 5.56 Å². The molecule has 3 aromatic rings. The van der Waals surface area contributed by atoms with Crippen molar-refractivity contribution in [1.29, 1.82) is 0 Å². The Morgan fingerprint density at radius 1 is 1.12 bits per heavy atom. The van der Waals surface area contributed by atoms with Crippen LogP contribution in [0.4, 0.5) is 5.69 Å². The van der Waals surface area contributed by atoms with E-state index in [4.69, 9.17) is 9.26 Å². The van der Waals surface area contributed by atoms with Gasteiger partial charge in [0.2, 0.25) is 17.6 Å². The number of fused-ring (bicyclic) bond motifs is 1. The molecule has 166 valence electrons. The third-order valence-electron chi connectivity index (χ3n) is 6.41. The lowest BCUT2D eigenvalue weighted by Crippen LogP contribution is -2.46. The van der Waals surface area contributed by atoms with Crippen molar-refractivity contribution in [2.75, 3.05) is 31.6 Å². The van der Waals surface area contributed by atoms with Gasteiger partial charge in [-0.05, 0) is 68.1 Å². The average Bonchev–Trinajstić information content (AvgIpc) is 3.32. The summed E-state index contributed by atoms with van der Waals surface area (Å²) < 4.78 is 10.7. The maximum atomic E-state index is 13.4. The van der Waals surface area contributed by atoms with Crippen molar-refractivity contribution >= 4 is 11.6 Å². The van der Waals surface area contributed by atoms with Crippen LogP contribution in [0.15, 0.2) is 53.1 Å². The number of benzene rings is 2. The van der Waals surface area contributed by atoms with Gasteiger partial charge >= 0.3 is 0 Å². The minimum atomic E-state index is -0.00103. The number of carbonyl (C=O) groups is 1. The van der Waals surface area contributed by atoms with Gasteiger partial charge in [-0.15, -0.1) is 0 Å². The van der Waals surface area contributed by atoms with Crippen LogP contribution in [0, 0.1) is 5.92 Å². The molecule has 2 aromatic carbocycles. The monoisotopic (exact) mass is 432 g/mol. The summed E-state index contributed by atoms with van der Waals surface area (Å²) in [5.41, 5.74) is 3.25. The topological polar surface area (TPSA) is 71.7 Å². The summed E-state index contributed by atoms with van der Waals surface area (Å²) in [6, 6.07) is 15.9. The van der Waals surface area contributed by atoms with Crippen molar-refractivity contribution in [3.05, 3.63) is 60.0 Å². The Labute approximate surface area is 188 Å². The summed E-state index contributed by atoms with van der Waals surface area (Å²) in [4.78, 5) is 22.2. The number of ether oxygens (including phenoxy) is 1. The molecule has 5 rings (SSSR count). The van der Waals surface area contributed by atoms with Crippen LogP contribution in [-0.4, -0.2) is 47.7 Å². The second-order valence-corrected chi connectivity index (χ2v) is 8.54. The summed E-state index contributed by atoms with van der Waals surface area (Å²) in [6.07, 6.45) is 3.99. The molecule has 1 amide bonds. The highest BCUT2D eigenvalue weighted by molar-refractivity contribution is 5.96. The Morgan fingerprint density at radius 3 is 2.81 bits per heavy atom. The lowest BCUT2D eigenvalue weighted by atomic mass is 9.94. The lowest BCUT2D eigenvalue weighted by molar-refractivity contribution is -0.124. The van der Waals surface area contributed by atoms with Crippen molar-refractivity contribution in [1.82, 2.24) is 15.0 Å². The second-order valence-electron chi connectivity index (χ2n) is 8.54. The maximum Gasteiger partial charge on any atom is 0.241 e. The van der Waals surface area contributed by atoms with Crippen LogP contribution < -0.4 is 9.64 Å². The van der Waals surface area contributed by atoms with Crippen LogP contribution in [0.25, 0.3) is 11.4 Å². The first-order valence-corrected chi connectivity index (χ1v) is 11.3. The van der Waals surface area contributed by atoms with Gasteiger partial charge in [0.25, 0.3) is 0 Å². The standard InChI is InChI=1S/C25H28N4O3/c1-31-21-12-10-19(11-13-21)24-26-23(32-27-24)17-28-14-4-8-20(16-28)25(30)29-15-5-7-18-6-2-3-9-22(18)29/h2-3,6,9-13,20H,4-5,7-8,14-17H2,1H3. The molecule has 7 nitrogen and oxygen atoms in total. The number of nitrogens with zero attached hydrogens (tertiary/aromatic N) is 4.